The summed E-state index contributed by atoms with van der Waals surface area (Å²) in [7, 11) is 4.56. The number of thioether (sulfide) groups is 1. The van der Waals surface area contributed by atoms with Gasteiger partial charge in [0.2, 0.25) is 17.6 Å². The first-order valence-corrected chi connectivity index (χ1v) is 10.7. The molecule has 2 atom stereocenters. The lowest BCUT2D eigenvalue weighted by Crippen LogP contribution is -2.54. The molecule has 0 aliphatic carbocycles. The molecule has 9 heteroatoms. The van der Waals surface area contributed by atoms with Crippen molar-refractivity contribution in [1.29, 1.82) is 0 Å². The summed E-state index contributed by atoms with van der Waals surface area (Å²) >= 11 is 1.35. The Labute approximate surface area is 184 Å². The molecule has 1 saturated heterocycles. The number of methoxy groups -OCH3 is 3. The van der Waals surface area contributed by atoms with Crippen LogP contribution in [0.5, 0.6) is 17.2 Å². The van der Waals surface area contributed by atoms with Crippen molar-refractivity contribution in [1.82, 2.24) is 10.6 Å². The monoisotopic (exact) mass is 448 g/mol. The van der Waals surface area contributed by atoms with Crippen molar-refractivity contribution < 1.29 is 28.2 Å². The fraction of sp³-hybridized carbons (Fsp3) is 0.364. The Morgan fingerprint density at radius 2 is 1.84 bits per heavy atom. The van der Waals surface area contributed by atoms with Crippen LogP contribution in [-0.4, -0.2) is 50.2 Å². The van der Waals surface area contributed by atoms with E-state index < -0.39 is 11.3 Å². The quantitative estimate of drug-likeness (QED) is 0.645. The molecule has 0 spiro atoms. The maximum absolute atomic E-state index is 13.9. The van der Waals surface area contributed by atoms with Crippen LogP contribution in [0.1, 0.15) is 11.1 Å². The largest absolute Gasteiger partial charge is 0.493 e. The van der Waals surface area contributed by atoms with Gasteiger partial charge >= 0.3 is 0 Å². The Morgan fingerprint density at radius 3 is 2.42 bits per heavy atom. The number of halogens is 1. The highest BCUT2D eigenvalue weighted by molar-refractivity contribution is 8.00. The van der Waals surface area contributed by atoms with Crippen molar-refractivity contribution in [2.75, 3.05) is 27.1 Å². The summed E-state index contributed by atoms with van der Waals surface area (Å²) in [5.41, 5.74) is 1.25. The standard InChI is InChI=1S/C22H25FN2O5S/c1-28-17-8-13(9-18(29-2)20(17)30-3)11-24-21(26)16-12-31-19(22(27)25-16)10-14-6-4-5-7-15(14)23/h4-9,16,19H,10-12H2,1-3H3,(H,24,26)(H,25,27)/t16-,19-/m0/s1. The van der Waals surface area contributed by atoms with Crippen LogP contribution >= 0.6 is 11.8 Å². The normalized spacial score (nSPS) is 18.1. The second-order valence-corrected chi connectivity index (χ2v) is 8.17. The molecule has 2 amide bonds. The molecule has 2 aromatic carbocycles. The summed E-state index contributed by atoms with van der Waals surface area (Å²) in [6.07, 6.45) is 0.281. The molecule has 0 aromatic heterocycles. The number of rotatable bonds is 8. The van der Waals surface area contributed by atoms with Crippen LogP contribution in [0.4, 0.5) is 4.39 Å². The predicted molar refractivity (Wildman–Crippen MR) is 116 cm³/mol. The summed E-state index contributed by atoms with van der Waals surface area (Å²) < 4.78 is 29.8. The molecule has 1 fully saturated rings. The molecule has 7 nitrogen and oxygen atoms in total. The number of hydrogen-bond acceptors (Lipinski definition) is 6. The first-order valence-electron chi connectivity index (χ1n) is 9.68. The summed E-state index contributed by atoms with van der Waals surface area (Å²) in [5, 5.41) is 5.13. The van der Waals surface area contributed by atoms with Gasteiger partial charge in [-0.15, -0.1) is 11.8 Å². The van der Waals surface area contributed by atoms with Crippen LogP contribution in [0.15, 0.2) is 36.4 Å². The molecule has 2 aromatic rings. The third-order valence-electron chi connectivity index (χ3n) is 4.94. The molecule has 0 saturated carbocycles. The molecule has 0 radical (unpaired) electrons. The second kappa shape index (κ2) is 10.4. The molecule has 0 unspecified atom stereocenters. The maximum atomic E-state index is 13.9. The number of benzene rings is 2. The van der Waals surface area contributed by atoms with Crippen molar-refractivity contribution in [2.24, 2.45) is 0 Å². The molecule has 1 heterocycles. The van der Waals surface area contributed by atoms with Gasteiger partial charge in [-0.25, -0.2) is 4.39 Å². The van der Waals surface area contributed by atoms with Crippen molar-refractivity contribution in [3.05, 3.63) is 53.3 Å². The number of ether oxygens (including phenoxy) is 3. The third kappa shape index (κ3) is 5.41. The second-order valence-electron chi connectivity index (χ2n) is 6.93. The SMILES string of the molecule is COc1cc(CNC(=O)[C@@H]2CS[C@@H](Cc3ccccc3F)C(=O)N2)cc(OC)c1OC. The fourth-order valence-electron chi connectivity index (χ4n) is 3.30. The number of hydrogen-bond donors (Lipinski definition) is 2. The lowest BCUT2D eigenvalue weighted by atomic mass is 10.1. The van der Waals surface area contributed by atoms with E-state index in [-0.39, 0.29) is 30.6 Å². The van der Waals surface area contributed by atoms with E-state index in [9.17, 15) is 14.0 Å². The summed E-state index contributed by atoms with van der Waals surface area (Å²) in [6.45, 7) is 0.227. The van der Waals surface area contributed by atoms with E-state index in [1.54, 1.807) is 30.3 Å². The van der Waals surface area contributed by atoms with E-state index in [2.05, 4.69) is 10.6 Å². The Hall–Kier alpha value is -2.94. The number of carbonyl (C=O) groups is 2. The Bertz CT molecular complexity index is 930. The van der Waals surface area contributed by atoms with Gasteiger partial charge in [0, 0.05) is 12.3 Å². The zero-order chi connectivity index (χ0) is 22.4. The van der Waals surface area contributed by atoms with Crippen molar-refractivity contribution in [3.63, 3.8) is 0 Å². The van der Waals surface area contributed by atoms with Gasteiger partial charge in [-0.2, -0.15) is 0 Å². The van der Waals surface area contributed by atoms with Crippen LogP contribution in [0.25, 0.3) is 0 Å². The van der Waals surface area contributed by atoms with Gasteiger partial charge in [0.1, 0.15) is 11.9 Å². The van der Waals surface area contributed by atoms with Crippen LogP contribution in [0, 0.1) is 5.82 Å². The summed E-state index contributed by atoms with van der Waals surface area (Å²) in [5.74, 6) is 0.961. The highest BCUT2D eigenvalue weighted by atomic mass is 32.2. The van der Waals surface area contributed by atoms with E-state index in [1.807, 2.05) is 0 Å². The van der Waals surface area contributed by atoms with E-state index in [1.165, 1.54) is 39.2 Å². The minimum atomic E-state index is -0.656. The van der Waals surface area contributed by atoms with Crippen LogP contribution in [0.3, 0.4) is 0 Å². The molecule has 3 rings (SSSR count). The molecule has 0 bridgehead atoms. The number of amides is 2. The van der Waals surface area contributed by atoms with Gasteiger partial charge in [0.05, 0.1) is 26.6 Å². The van der Waals surface area contributed by atoms with E-state index >= 15 is 0 Å². The Morgan fingerprint density at radius 1 is 1.16 bits per heavy atom. The van der Waals surface area contributed by atoms with E-state index in [0.717, 1.165) is 5.56 Å². The predicted octanol–water partition coefficient (Wildman–Crippen LogP) is 2.31. The van der Waals surface area contributed by atoms with Gasteiger partial charge in [-0.3, -0.25) is 9.59 Å². The molecule has 166 valence electrons. The van der Waals surface area contributed by atoms with Gasteiger partial charge < -0.3 is 24.8 Å². The lowest BCUT2D eigenvalue weighted by Gasteiger charge is -2.28. The van der Waals surface area contributed by atoms with E-state index in [0.29, 0.717) is 28.6 Å². The van der Waals surface area contributed by atoms with Crippen LogP contribution in [0.2, 0.25) is 0 Å². The van der Waals surface area contributed by atoms with Gasteiger partial charge in [0.25, 0.3) is 0 Å². The highest BCUT2D eigenvalue weighted by Crippen LogP contribution is 2.38. The minimum Gasteiger partial charge on any atom is -0.493 e. The van der Waals surface area contributed by atoms with E-state index in [4.69, 9.17) is 14.2 Å². The van der Waals surface area contributed by atoms with Gasteiger partial charge in [-0.05, 0) is 35.7 Å². The first-order chi connectivity index (χ1) is 15.0. The average molecular weight is 449 g/mol. The highest BCUT2D eigenvalue weighted by Gasteiger charge is 2.32. The average Bonchev–Trinajstić information content (AvgIpc) is 2.79. The molecule has 2 N–H and O–H groups in total. The van der Waals surface area contributed by atoms with Gasteiger partial charge in [-0.1, -0.05) is 18.2 Å². The molecule has 1 aliphatic rings. The molecular weight excluding hydrogens is 423 g/mol. The Balaban J connectivity index is 1.58. The van der Waals surface area contributed by atoms with Gasteiger partial charge in [0.15, 0.2) is 11.5 Å². The number of carbonyl (C=O) groups excluding carboxylic acids is 2. The topological polar surface area (TPSA) is 85.9 Å². The zero-order valence-electron chi connectivity index (χ0n) is 17.6. The fourth-order valence-corrected chi connectivity index (χ4v) is 4.48. The summed E-state index contributed by atoms with van der Waals surface area (Å²) in [4.78, 5) is 25.0. The molecular formula is C22H25FN2O5S. The first kappa shape index (κ1) is 22.7. The lowest BCUT2D eigenvalue weighted by molar-refractivity contribution is -0.128. The zero-order valence-corrected chi connectivity index (χ0v) is 18.4. The van der Waals surface area contributed by atoms with Crippen LogP contribution < -0.4 is 24.8 Å². The minimum absolute atomic E-state index is 0.227. The maximum Gasteiger partial charge on any atom is 0.243 e. The molecule has 31 heavy (non-hydrogen) atoms. The number of nitrogens with one attached hydrogen (secondary N) is 2. The third-order valence-corrected chi connectivity index (χ3v) is 6.25. The van der Waals surface area contributed by atoms with Crippen molar-refractivity contribution in [3.8, 4) is 17.2 Å². The Kier molecular flexibility index (Phi) is 7.62. The smallest absolute Gasteiger partial charge is 0.243 e. The van der Waals surface area contributed by atoms with Crippen molar-refractivity contribution >= 4 is 23.6 Å². The van der Waals surface area contributed by atoms with Crippen molar-refractivity contribution in [2.45, 2.75) is 24.3 Å². The van der Waals surface area contributed by atoms with Crippen LogP contribution in [-0.2, 0) is 22.6 Å². The summed E-state index contributed by atoms with van der Waals surface area (Å²) in [6, 6.07) is 9.24. The molecule has 1 aliphatic heterocycles.